The van der Waals surface area contributed by atoms with Gasteiger partial charge in [0.05, 0.1) is 10.8 Å². The van der Waals surface area contributed by atoms with Crippen LogP contribution in [0, 0.1) is 6.92 Å². The van der Waals surface area contributed by atoms with E-state index in [1.54, 1.807) is 0 Å². The minimum Gasteiger partial charge on any atom is -0.481 e. The normalized spacial score (nSPS) is 16.3. The van der Waals surface area contributed by atoms with Gasteiger partial charge in [-0.15, -0.1) is 10.2 Å². The van der Waals surface area contributed by atoms with Crippen molar-refractivity contribution in [3.05, 3.63) is 34.6 Å². The van der Waals surface area contributed by atoms with Gasteiger partial charge in [0.15, 0.2) is 17.1 Å². The summed E-state index contributed by atoms with van der Waals surface area (Å²) < 4.78 is 7.87. The molecule has 6 nitrogen and oxygen atoms in total. The standard InChI is InChI=1S/C21H29ClN4O2S/c1-14-10-11-17(22)18(12-14)28-15(2)20-24-25-21(26(20)3)29-13-19(27)23-16-8-6-4-5-7-9-16/h10-12,15-16H,4-9,13H2,1-3H3,(H,23,27). The number of amides is 1. The van der Waals surface area contributed by atoms with Crippen molar-refractivity contribution in [2.75, 3.05) is 5.75 Å². The Morgan fingerprint density at radius 2 is 2.03 bits per heavy atom. The lowest BCUT2D eigenvalue weighted by atomic mass is 10.1. The van der Waals surface area contributed by atoms with Gasteiger partial charge in [0.2, 0.25) is 5.91 Å². The minimum atomic E-state index is -0.319. The second-order valence-electron chi connectivity index (χ2n) is 7.64. The summed E-state index contributed by atoms with van der Waals surface area (Å²) in [6.07, 6.45) is 6.80. The van der Waals surface area contributed by atoms with Crippen molar-refractivity contribution in [1.29, 1.82) is 0 Å². The minimum absolute atomic E-state index is 0.0577. The second kappa shape index (κ2) is 10.3. The first kappa shape index (κ1) is 22.0. The van der Waals surface area contributed by atoms with Crippen LogP contribution < -0.4 is 10.1 Å². The molecule has 0 aliphatic heterocycles. The summed E-state index contributed by atoms with van der Waals surface area (Å²) in [4.78, 5) is 12.3. The zero-order valence-electron chi connectivity index (χ0n) is 17.3. The fraction of sp³-hybridized carbons (Fsp3) is 0.571. The van der Waals surface area contributed by atoms with Crippen LogP contribution in [0.15, 0.2) is 23.4 Å². The zero-order valence-corrected chi connectivity index (χ0v) is 18.9. The van der Waals surface area contributed by atoms with Crippen LogP contribution in [0.2, 0.25) is 5.02 Å². The van der Waals surface area contributed by atoms with Crippen molar-refractivity contribution in [1.82, 2.24) is 20.1 Å². The molecule has 1 amide bonds. The summed E-state index contributed by atoms with van der Waals surface area (Å²) in [6.45, 7) is 3.90. The van der Waals surface area contributed by atoms with Crippen LogP contribution in [0.5, 0.6) is 5.75 Å². The molecule has 1 heterocycles. The highest BCUT2D eigenvalue weighted by atomic mass is 35.5. The van der Waals surface area contributed by atoms with E-state index in [1.807, 2.05) is 43.7 Å². The monoisotopic (exact) mass is 436 g/mol. The summed E-state index contributed by atoms with van der Waals surface area (Å²) in [5, 5.41) is 12.9. The van der Waals surface area contributed by atoms with Gasteiger partial charge in [-0.1, -0.05) is 55.1 Å². The number of halogens is 1. The third kappa shape index (κ3) is 6.12. The summed E-state index contributed by atoms with van der Waals surface area (Å²) >= 11 is 7.63. The first-order valence-corrected chi connectivity index (χ1v) is 11.5. The molecular weight excluding hydrogens is 408 g/mol. The molecule has 1 N–H and O–H groups in total. The van der Waals surface area contributed by atoms with Crippen LogP contribution in [0.1, 0.15) is 62.9 Å². The number of carbonyl (C=O) groups excluding carboxylic acids is 1. The summed E-state index contributed by atoms with van der Waals surface area (Å²) in [5.41, 5.74) is 1.07. The van der Waals surface area contributed by atoms with Crippen LogP contribution in [0.4, 0.5) is 0 Å². The Labute approximate surface area is 181 Å². The number of nitrogens with one attached hydrogen (secondary N) is 1. The number of nitrogens with zero attached hydrogens (tertiary/aromatic N) is 3. The van der Waals surface area contributed by atoms with Crippen LogP contribution >= 0.6 is 23.4 Å². The van der Waals surface area contributed by atoms with Gasteiger partial charge in [-0.2, -0.15) is 0 Å². The van der Waals surface area contributed by atoms with Gasteiger partial charge in [-0.25, -0.2) is 0 Å². The Morgan fingerprint density at radius 3 is 2.76 bits per heavy atom. The van der Waals surface area contributed by atoms with Crippen molar-refractivity contribution in [2.45, 2.75) is 69.7 Å². The third-order valence-electron chi connectivity index (χ3n) is 5.18. The van der Waals surface area contributed by atoms with E-state index >= 15 is 0 Å². The molecule has 8 heteroatoms. The quantitative estimate of drug-likeness (QED) is 0.496. The highest BCUT2D eigenvalue weighted by Gasteiger charge is 2.20. The van der Waals surface area contributed by atoms with E-state index < -0.39 is 0 Å². The van der Waals surface area contributed by atoms with Gasteiger partial charge in [-0.05, 0) is 44.4 Å². The maximum Gasteiger partial charge on any atom is 0.230 e. The highest BCUT2D eigenvalue weighted by Crippen LogP contribution is 2.30. The van der Waals surface area contributed by atoms with Crippen molar-refractivity contribution in [2.24, 2.45) is 7.05 Å². The van der Waals surface area contributed by atoms with E-state index in [1.165, 1.54) is 37.4 Å². The highest BCUT2D eigenvalue weighted by molar-refractivity contribution is 7.99. The van der Waals surface area contributed by atoms with Gasteiger partial charge in [0.1, 0.15) is 5.75 Å². The Morgan fingerprint density at radius 1 is 1.31 bits per heavy atom. The van der Waals surface area contributed by atoms with Crippen molar-refractivity contribution in [3.8, 4) is 5.75 Å². The van der Waals surface area contributed by atoms with E-state index in [0.29, 0.717) is 33.5 Å². The Hall–Kier alpha value is -1.73. The molecule has 0 spiro atoms. The lowest BCUT2D eigenvalue weighted by molar-refractivity contribution is -0.119. The van der Waals surface area contributed by atoms with E-state index in [9.17, 15) is 4.79 Å². The Bertz CT molecular complexity index is 834. The summed E-state index contributed by atoms with van der Waals surface area (Å²) in [6, 6.07) is 5.98. The van der Waals surface area contributed by atoms with Gasteiger partial charge < -0.3 is 14.6 Å². The SMILES string of the molecule is Cc1ccc(Cl)c(OC(C)c2nnc(SCC(=O)NC3CCCCCC3)n2C)c1. The molecule has 1 aromatic carbocycles. The van der Waals surface area contributed by atoms with Crippen molar-refractivity contribution in [3.63, 3.8) is 0 Å². The molecule has 29 heavy (non-hydrogen) atoms. The maximum absolute atomic E-state index is 12.3. The average Bonchev–Trinajstić information content (AvgIpc) is 2.87. The predicted molar refractivity (Wildman–Crippen MR) is 117 cm³/mol. The van der Waals surface area contributed by atoms with E-state index in [-0.39, 0.29) is 12.0 Å². The molecule has 0 bridgehead atoms. The topological polar surface area (TPSA) is 69.0 Å². The van der Waals surface area contributed by atoms with E-state index in [2.05, 4.69) is 15.5 Å². The summed E-state index contributed by atoms with van der Waals surface area (Å²) in [5.74, 6) is 1.71. The van der Waals surface area contributed by atoms with E-state index in [0.717, 1.165) is 18.4 Å². The van der Waals surface area contributed by atoms with Crippen molar-refractivity contribution >= 4 is 29.3 Å². The van der Waals surface area contributed by atoms with E-state index in [4.69, 9.17) is 16.3 Å². The summed E-state index contributed by atoms with van der Waals surface area (Å²) in [7, 11) is 1.89. The number of ether oxygens (including phenoxy) is 1. The second-order valence-corrected chi connectivity index (χ2v) is 8.99. The first-order chi connectivity index (χ1) is 13.9. The van der Waals surface area contributed by atoms with Crippen LogP contribution in [-0.2, 0) is 11.8 Å². The molecule has 1 aromatic heterocycles. The number of hydrogen-bond acceptors (Lipinski definition) is 5. The molecule has 0 saturated heterocycles. The molecule has 2 aromatic rings. The molecule has 1 aliphatic rings. The lowest BCUT2D eigenvalue weighted by Crippen LogP contribution is -2.35. The molecular formula is C21H29ClN4O2S. The first-order valence-electron chi connectivity index (χ1n) is 10.2. The smallest absolute Gasteiger partial charge is 0.230 e. The third-order valence-corrected chi connectivity index (χ3v) is 6.51. The molecule has 1 fully saturated rings. The van der Waals surface area contributed by atoms with Gasteiger partial charge in [-0.3, -0.25) is 4.79 Å². The predicted octanol–water partition coefficient (Wildman–Crippen LogP) is 4.85. The number of rotatable bonds is 7. The van der Waals surface area contributed by atoms with Gasteiger partial charge >= 0.3 is 0 Å². The zero-order chi connectivity index (χ0) is 20.8. The number of carbonyl (C=O) groups is 1. The average molecular weight is 437 g/mol. The fourth-order valence-electron chi connectivity index (χ4n) is 3.57. The molecule has 158 valence electrons. The van der Waals surface area contributed by atoms with Gasteiger partial charge in [0.25, 0.3) is 0 Å². The number of aromatic nitrogens is 3. The molecule has 3 rings (SSSR count). The molecule has 1 unspecified atom stereocenters. The van der Waals surface area contributed by atoms with Crippen molar-refractivity contribution < 1.29 is 9.53 Å². The Balaban J connectivity index is 1.55. The largest absolute Gasteiger partial charge is 0.481 e. The maximum atomic E-state index is 12.3. The van der Waals surface area contributed by atoms with Crippen LogP contribution in [-0.4, -0.2) is 32.5 Å². The number of benzene rings is 1. The van der Waals surface area contributed by atoms with Crippen LogP contribution in [0.25, 0.3) is 0 Å². The molecule has 1 saturated carbocycles. The van der Waals surface area contributed by atoms with Crippen LogP contribution in [0.3, 0.4) is 0 Å². The fourth-order valence-corrected chi connectivity index (χ4v) is 4.46. The molecule has 0 radical (unpaired) electrons. The van der Waals surface area contributed by atoms with Gasteiger partial charge in [0, 0.05) is 13.1 Å². The lowest BCUT2D eigenvalue weighted by Gasteiger charge is -2.16. The number of thioether (sulfide) groups is 1. The number of aryl methyl sites for hydroxylation is 1. The Kier molecular flexibility index (Phi) is 7.84. The molecule has 1 atom stereocenters. The molecule has 1 aliphatic carbocycles. The number of hydrogen-bond donors (Lipinski definition) is 1.